The van der Waals surface area contributed by atoms with E-state index in [2.05, 4.69) is 11.2 Å². The average molecular weight is 219 g/mol. The molecule has 86 valence electrons. The Bertz CT molecular complexity index is 385. The first-order chi connectivity index (χ1) is 7.76. The number of aromatic nitrogens is 2. The second-order valence-electron chi connectivity index (χ2n) is 4.49. The van der Waals surface area contributed by atoms with Crippen LogP contribution in [0.4, 0.5) is 0 Å². The van der Waals surface area contributed by atoms with Crippen LogP contribution in [0.1, 0.15) is 25.0 Å². The summed E-state index contributed by atoms with van der Waals surface area (Å²) >= 11 is 0. The van der Waals surface area contributed by atoms with Crippen LogP contribution in [0.3, 0.4) is 0 Å². The zero-order valence-corrected chi connectivity index (χ0v) is 9.65. The Morgan fingerprint density at radius 2 is 2.56 bits per heavy atom. The zero-order chi connectivity index (χ0) is 11.4. The molecule has 1 aromatic heterocycles. The van der Waals surface area contributed by atoms with Gasteiger partial charge in [-0.3, -0.25) is 4.68 Å². The van der Waals surface area contributed by atoms with Gasteiger partial charge in [0.1, 0.15) is 0 Å². The number of rotatable bonds is 3. The van der Waals surface area contributed by atoms with Gasteiger partial charge in [0.25, 0.3) is 0 Å². The lowest BCUT2D eigenvalue weighted by Gasteiger charge is -2.30. The number of hydrogen-bond acceptors (Lipinski definition) is 3. The fourth-order valence-corrected chi connectivity index (χ4v) is 2.21. The van der Waals surface area contributed by atoms with Crippen molar-refractivity contribution in [3.63, 3.8) is 0 Å². The Labute approximate surface area is 95.8 Å². The van der Waals surface area contributed by atoms with E-state index in [9.17, 15) is 5.26 Å². The topological polar surface area (TPSA) is 50.8 Å². The van der Waals surface area contributed by atoms with E-state index < -0.39 is 0 Å². The van der Waals surface area contributed by atoms with Crippen molar-refractivity contribution in [3.05, 3.63) is 18.0 Å². The molecule has 1 aliphatic heterocycles. The summed E-state index contributed by atoms with van der Waals surface area (Å²) in [5, 5.41) is 13.4. The molecule has 4 heteroatoms. The van der Waals surface area contributed by atoms with Gasteiger partial charge in [0.2, 0.25) is 0 Å². The van der Waals surface area contributed by atoms with Crippen LogP contribution in [0.2, 0.25) is 0 Å². The minimum atomic E-state index is -0.275. The fraction of sp³-hybridized carbons (Fsp3) is 0.667. The smallest absolute Gasteiger partial charge is 0.0811 e. The molecule has 4 nitrogen and oxygen atoms in total. The molecule has 2 heterocycles. The first-order valence-corrected chi connectivity index (χ1v) is 5.72. The van der Waals surface area contributed by atoms with Crippen LogP contribution >= 0.6 is 0 Å². The number of aryl methyl sites for hydroxylation is 2. The molecule has 0 amide bonds. The van der Waals surface area contributed by atoms with Crippen molar-refractivity contribution in [3.8, 4) is 6.07 Å². The molecular formula is C12H17N3O. The Morgan fingerprint density at radius 1 is 1.69 bits per heavy atom. The Hall–Kier alpha value is -1.34. The van der Waals surface area contributed by atoms with Crippen LogP contribution in [-0.4, -0.2) is 23.0 Å². The van der Waals surface area contributed by atoms with Crippen molar-refractivity contribution in [2.24, 2.45) is 12.5 Å². The van der Waals surface area contributed by atoms with E-state index in [1.165, 1.54) is 5.69 Å². The molecule has 0 spiro atoms. The van der Waals surface area contributed by atoms with E-state index in [0.717, 1.165) is 32.3 Å². The fourth-order valence-electron chi connectivity index (χ4n) is 2.21. The van der Waals surface area contributed by atoms with Crippen molar-refractivity contribution in [1.29, 1.82) is 5.26 Å². The molecule has 1 saturated heterocycles. The van der Waals surface area contributed by atoms with E-state index in [1.54, 1.807) is 6.20 Å². The second kappa shape index (κ2) is 4.67. The van der Waals surface area contributed by atoms with E-state index in [4.69, 9.17) is 4.74 Å². The van der Waals surface area contributed by atoms with E-state index >= 15 is 0 Å². The van der Waals surface area contributed by atoms with Gasteiger partial charge >= 0.3 is 0 Å². The van der Waals surface area contributed by atoms with Crippen molar-refractivity contribution in [1.82, 2.24) is 9.78 Å². The molecule has 0 N–H and O–H groups in total. The van der Waals surface area contributed by atoms with Crippen molar-refractivity contribution >= 4 is 0 Å². The molecule has 1 fully saturated rings. The van der Waals surface area contributed by atoms with Gasteiger partial charge in [-0.25, -0.2) is 0 Å². The van der Waals surface area contributed by atoms with Gasteiger partial charge < -0.3 is 4.74 Å². The highest BCUT2D eigenvalue weighted by molar-refractivity contribution is 5.06. The summed E-state index contributed by atoms with van der Waals surface area (Å²) in [6.45, 7) is 1.39. The summed E-state index contributed by atoms with van der Waals surface area (Å²) in [5.74, 6) is 0. The maximum absolute atomic E-state index is 9.29. The highest BCUT2D eigenvalue weighted by Crippen LogP contribution is 2.32. The lowest BCUT2D eigenvalue weighted by atomic mass is 9.79. The van der Waals surface area contributed by atoms with Crippen LogP contribution in [0.25, 0.3) is 0 Å². The maximum Gasteiger partial charge on any atom is 0.0811 e. The lowest BCUT2D eigenvalue weighted by molar-refractivity contribution is 0.0181. The minimum Gasteiger partial charge on any atom is -0.380 e. The Balaban J connectivity index is 1.98. The molecule has 0 radical (unpaired) electrons. The molecule has 0 bridgehead atoms. The highest BCUT2D eigenvalue weighted by atomic mass is 16.5. The molecule has 0 aliphatic carbocycles. The normalized spacial score (nSPS) is 25.2. The van der Waals surface area contributed by atoms with Gasteiger partial charge in [-0.2, -0.15) is 10.4 Å². The summed E-state index contributed by atoms with van der Waals surface area (Å²) in [6.07, 6.45) is 5.52. The monoisotopic (exact) mass is 219 g/mol. The zero-order valence-electron chi connectivity index (χ0n) is 9.65. The molecule has 0 saturated carbocycles. The molecule has 1 unspecified atom stereocenters. The third kappa shape index (κ3) is 2.25. The van der Waals surface area contributed by atoms with Crippen LogP contribution in [0, 0.1) is 16.7 Å². The molecule has 0 aromatic carbocycles. The summed E-state index contributed by atoms with van der Waals surface area (Å²) in [7, 11) is 1.94. The molecule has 1 aromatic rings. The molecule has 1 aliphatic rings. The Morgan fingerprint density at radius 3 is 3.12 bits per heavy atom. The van der Waals surface area contributed by atoms with E-state index in [-0.39, 0.29) is 5.41 Å². The predicted molar refractivity (Wildman–Crippen MR) is 59.6 cm³/mol. The standard InChI is InChI=1S/C12H17N3O/c1-15-11(4-7-14-15)3-6-12(9-13)5-2-8-16-10-12/h4,7H,2-3,5-6,8,10H2,1H3. The predicted octanol–water partition coefficient (Wildman–Crippen LogP) is 1.67. The molecule has 2 rings (SSSR count). The van der Waals surface area contributed by atoms with Gasteiger partial charge in [0.15, 0.2) is 0 Å². The quantitative estimate of drug-likeness (QED) is 0.777. The van der Waals surface area contributed by atoms with Crippen LogP contribution in [-0.2, 0) is 18.2 Å². The SMILES string of the molecule is Cn1nccc1CCC1(C#N)CCCOC1. The van der Waals surface area contributed by atoms with E-state index in [1.807, 2.05) is 17.8 Å². The van der Waals surface area contributed by atoms with Crippen molar-refractivity contribution in [2.75, 3.05) is 13.2 Å². The maximum atomic E-state index is 9.29. The second-order valence-corrected chi connectivity index (χ2v) is 4.49. The first-order valence-electron chi connectivity index (χ1n) is 5.72. The molecule has 16 heavy (non-hydrogen) atoms. The molecule has 1 atom stereocenters. The average Bonchev–Trinajstić information content (AvgIpc) is 2.74. The van der Waals surface area contributed by atoms with Gasteiger partial charge in [-0.1, -0.05) is 0 Å². The third-order valence-electron chi connectivity index (χ3n) is 3.34. The van der Waals surface area contributed by atoms with Crippen LogP contribution in [0.15, 0.2) is 12.3 Å². The highest BCUT2D eigenvalue weighted by Gasteiger charge is 2.32. The largest absolute Gasteiger partial charge is 0.380 e. The summed E-state index contributed by atoms with van der Waals surface area (Å²) in [5.41, 5.74) is 0.905. The van der Waals surface area contributed by atoms with Gasteiger partial charge in [0.05, 0.1) is 18.1 Å². The minimum absolute atomic E-state index is 0.275. The number of ether oxygens (including phenoxy) is 1. The number of nitriles is 1. The summed E-state index contributed by atoms with van der Waals surface area (Å²) in [4.78, 5) is 0. The Kier molecular flexibility index (Phi) is 3.25. The van der Waals surface area contributed by atoms with Crippen LogP contribution in [0.5, 0.6) is 0 Å². The first kappa shape index (κ1) is 11.2. The number of nitrogens with zero attached hydrogens (tertiary/aromatic N) is 3. The lowest BCUT2D eigenvalue weighted by Crippen LogP contribution is -2.31. The molecular weight excluding hydrogens is 202 g/mol. The van der Waals surface area contributed by atoms with Crippen molar-refractivity contribution < 1.29 is 4.74 Å². The summed E-state index contributed by atoms with van der Waals surface area (Å²) in [6, 6.07) is 4.45. The van der Waals surface area contributed by atoms with Gasteiger partial charge in [0, 0.05) is 25.5 Å². The number of hydrogen-bond donors (Lipinski definition) is 0. The third-order valence-corrected chi connectivity index (χ3v) is 3.34. The van der Waals surface area contributed by atoms with E-state index in [0.29, 0.717) is 6.61 Å². The summed E-state index contributed by atoms with van der Waals surface area (Å²) < 4.78 is 7.30. The van der Waals surface area contributed by atoms with Gasteiger partial charge in [-0.05, 0) is 31.7 Å². The van der Waals surface area contributed by atoms with Crippen LogP contribution < -0.4 is 0 Å². The van der Waals surface area contributed by atoms with Crippen molar-refractivity contribution in [2.45, 2.75) is 25.7 Å². The van der Waals surface area contributed by atoms with Gasteiger partial charge in [-0.15, -0.1) is 0 Å².